The van der Waals surface area contributed by atoms with Gasteiger partial charge in [-0.05, 0) is 6.07 Å². The molecule has 1 fully saturated rings. The third kappa shape index (κ3) is 2.75. The minimum atomic E-state index is -1.09. The molecule has 0 bridgehead atoms. The van der Waals surface area contributed by atoms with Crippen LogP contribution in [0.2, 0.25) is 0 Å². The van der Waals surface area contributed by atoms with Crippen molar-refractivity contribution in [3.63, 3.8) is 0 Å². The first kappa shape index (κ1) is 14.3. The second kappa shape index (κ2) is 5.74. The topological polar surface area (TPSA) is 109 Å². The molecule has 0 aliphatic carbocycles. The Morgan fingerprint density at radius 2 is 2.00 bits per heavy atom. The van der Waals surface area contributed by atoms with Gasteiger partial charge in [0.25, 0.3) is 0 Å². The number of hydrogen-bond donors (Lipinski definition) is 4. The molecular formula is C10H15BrN2O4. The van der Waals surface area contributed by atoms with Gasteiger partial charge in [0.1, 0.15) is 30.2 Å². The molecule has 4 atom stereocenters. The summed E-state index contributed by atoms with van der Waals surface area (Å²) >= 11 is 0. The summed E-state index contributed by atoms with van der Waals surface area (Å²) in [5.74, 6) is 0.371. The third-order valence-corrected chi connectivity index (χ3v) is 2.68. The van der Waals surface area contributed by atoms with Crippen molar-refractivity contribution in [3.05, 3.63) is 23.9 Å². The van der Waals surface area contributed by atoms with Gasteiger partial charge < -0.3 is 25.8 Å². The summed E-state index contributed by atoms with van der Waals surface area (Å²) in [4.78, 5) is 3.88. The van der Waals surface area contributed by atoms with E-state index in [1.165, 1.54) is 6.20 Å². The molecule has 2 heterocycles. The molecule has 0 unspecified atom stereocenters. The van der Waals surface area contributed by atoms with E-state index in [4.69, 9.17) is 15.6 Å². The van der Waals surface area contributed by atoms with Crippen LogP contribution >= 0.6 is 17.0 Å². The largest absolute Gasteiger partial charge is 0.394 e. The molecule has 1 saturated heterocycles. The number of anilines is 1. The van der Waals surface area contributed by atoms with Gasteiger partial charge in [0.2, 0.25) is 0 Å². The smallest absolute Gasteiger partial charge is 0.123 e. The molecule has 0 radical (unpaired) electrons. The Hall–Kier alpha value is -0.730. The molecule has 1 aliphatic heterocycles. The van der Waals surface area contributed by atoms with Crippen LogP contribution < -0.4 is 5.73 Å². The molecule has 2 rings (SSSR count). The first-order chi connectivity index (χ1) is 7.63. The number of aliphatic hydroxyl groups is 3. The predicted molar refractivity (Wildman–Crippen MR) is 65.7 cm³/mol. The van der Waals surface area contributed by atoms with Crippen molar-refractivity contribution in [2.75, 3.05) is 12.3 Å². The number of ether oxygens (including phenoxy) is 1. The highest BCUT2D eigenvalue weighted by molar-refractivity contribution is 8.93. The zero-order valence-electron chi connectivity index (χ0n) is 8.93. The number of nitrogens with zero attached hydrogens (tertiary/aromatic N) is 1. The summed E-state index contributed by atoms with van der Waals surface area (Å²) in [6, 6.07) is 3.26. The van der Waals surface area contributed by atoms with Crippen LogP contribution in [0.15, 0.2) is 18.3 Å². The van der Waals surface area contributed by atoms with Gasteiger partial charge in [-0.2, -0.15) is 0 Å². The molecular weight excluding hydrogens is 292 g/mol. The Balaban J connectivity index is 0.00000144. The molecule has 0 amide bonds. The Labute approximate surface area is 109 Å². The molecule has 5 N–H and O–H groups in total. The van der Waals surface area contributed by atoms with Crippen molar-refractivity contribution >= 4 is 22.8 Å². The lowest BCUT2D eigenvalue weighted by Gasteiger charge is -2.14. The van der Waals surface area contributed by atoms with Crippen LogP contribution in [0, 0.1) is 0 Å². The van der Waals surface area contributed by atoms with E-state index in [1.807, 2.05) is 0 Å². The first-order valence-corrected chi connectivity index (χ1v) is 4.97. The number of aliphatic hydroxyl groups excluding tert-OH is 3. The Bertz CT molecular complexity index is 362. The number of rotatable bonds is 2. The lowest BCUT2D eigenvalue weighted by molar-refractivity contribution is -0.0228. The highest BCUT2D eigenvalue weighted by atomic mass is 79.9. The van der Waals surface area contributed by atoms with Gasteiger partial charge in [-0.25, -0.2) is 4.98 Å². The van der Waals surface area contributed by atoms with E-state index in [2.05, 4.69) is 4.98 Å². The zero-order chi connectivity index (χ0) is 11.7. The van der Waals surface area contributed by atoms with Crippen molar-refractivity contribution in [1.82, 2.24) is 4.98 Å². The quantitative estimate of drug-likeness (QED) is 0.581. The normalized spacial score (nSPS) is 32.2. The summed E-state index contributed by atoms with van der Waals surface area (Å²) in [7, 11) is 0. The number of nitrogen functional groups attached to an aromatic ring is 1. The summed E-state index contributed by atoms with van der Waals surface area (Å²) in [6.45, 7) is -0.336. The standard InChI is InChI=1S/C10H14N2O4.BrH/c11-7-2-1-5(3-12-7)10-9(15)8(14)6(4-13)16-10;/h1-3,6,8-10,13-15H,4H2,(H2,11,12);1H/t6-,8-,9-,10+;/m1./s1. The third-order valence-electron chi connectivity index (χ3n) is 2.68. The number of aromatic nitrogens is 1. The summed E-state index contributed by atoms with van der Waals surface area (Å²) < 4.78 is 5.33. The molecule has 1 aliphatic rings. The number of nitrogens with two attached hydrogens (primary N) is 1. The van der Waals surface area contributed by atoms with Crippen molar-refractivity contribution in [2.24, 2.45) is 0 Å². The van der Waals surface area contributed by atoms with Gasteiger partial charge in [0.05, 0.1) is 6.61 Å². The molecule has 17 heavy (non-hydrogen) atoms. The second-order valence-electron chi connectivity index (χ2n) is 3.78. The highest BCUT2D eigenvalue weighted by Gasteiger charge is 2.42. The van der Waals surface area contributed by atoms with Crippen LogP contribution in [-0.4, -0.2) is 45.2 Å². The fraction of sp³-hybridized carbons (Fsp3) is 0.500. The maximum Gasteiger partial charge on any atom is 0.123 e. The van der Waals surface area contributed by atoms with E-state index in [0.29, 0.717) is 11.4 Å². The van der Waals surface area contributed by atoms with E-state index < -0.39 is 24.4 Å². The van der Waals surface area contributed by atoms with Crippen LogP contribution in [0.1, 0.15) is 11.7 Å². The molecule has 7 heteroatoms. The molecule has 0 aromatic carbocycles. The van der Waals surface area contributed by atoms with Gasteiger partial charge in [0, 0.05) is 11.8 Å². The summed E-state index contributed by atoms with van der Waals surface area (Å²) in [6.07, 6.45) is -2.12. The maximum absolute atomic E-state index is 9.74. The summed E-state index contributed by atoms with van der Waals surface area (Å²) in [5.41, 5.74) is 6.06. The molecule has 0 saturated carbocycles. The average Bonchev–Trinajstić information content (AvgIpc) is 2.57. The van der Waals surface area contributed by atoms with Crippen LogP contribution in [-0.2, 0) is 4.74 Å². The van der Waals surface area contributed by atoms with Crippen molar-refractivity contribution < 1.29 is 20.1 Å². The van der Waals surface area contributed by atoms with Crippen LogP contribution in [0.3, 0.4) is 0 Å². The van der Waals surface area contributed by atoms with E-state index >= 15 is 0 Å². The van der Waals surface area contributed by atoms with Crippen molar-refractivity contribution in [3.8, 4) is 0 Å². The predicted octanol–water partition coefficient (Wildman–Crippen LogP) is -0.604. The SMILES string of the molecule is Br.Nc1ccc([C@@H]2O[C@H](CO)[C@@H](O)[C@H]2O)cn1. The number of hydrogen-bond acceptors (Lipinski definition) is 6. The van der Waals surface area contributed by atoms with Gasteiger partial charge in [0.15, 0.2) is 0 Å². The lowest BCUT2D eigenvalue weighted by Crippen LogP contribution is -2.32. The molecule has 1 aromatic rings. The van der Waals surface area contributed by atoms with E-state index in [-0.39, 0.29) is 23.6 Å². The Morgan fingerprint density at radius 3 is 2.47 bits per heavy atom. The first-order valence-electron chi connectivity index (χ1n) is 4.97. The van der Waals surface area contributed by atoms with E-state index in [1.54, 1.807) is 12.1 Å². The minimum Gasteiger partial charge on any atom is -0.394 e. The Morgan fingerprint density at radius 1 is 1.29 bits per heavy atom. The van der Waals surface area contributed by atoms with Gasteiger partial charge >= 0.3 is 0 Å². The maximum atomic E-state index is 9.74. The molecule has 0 spiro atoms. The van der Waals surface area contributed by atoms with Gasteiger partial charge in [-0.3, -0.25) is 0 Å². The second-order valence-corrected chi connectivity index (χ2v) is 3.78. The molecule has 6 nitrogen and oxygen atoms in total. The van der Waals surface area contributed by atoms with E-state index in [0.717, 1.165) is 0 Å². The van der Waals surface area contributed by atoms with Gasteiger partial charge in [-0.1, -0.05) is 6.07 Å². The highest BCUT2D eigenvalue weighted by Crippen LogP contribution is 2.33. The number of pyridine rings is 1. The van der Waals surface area contributed by atoms with Crippen molar-refractivity contribution in [2.45, 2.75) is 24.4 Å². The van der Waals surface area contributed by atoms with Crippen molar-refractivity contribution in [1.29, 1.82) is 0 Å². The fourth-order valence-electron chi connectivity index (χ4n) is 1.76. The average molecular weight is 307 g/mol. The minimum absolute atomic E-state index is 0. The molecule has 1 aromatic heterocycles. The van der Waals surface area contributed by atoms with Gasteiger partial charge in [-0.15, -0.1) is 17.0 Å². The van der Waals surface area contributed by atoms with E-state index in [9.17, 15) is 10.2 Å². The zero-order valence-corrected chi connectivity index (χ0v) is 10.6. The fourth-order valence-corrected chi connectivity index (χ4v) is 1.76. The lowest BCUT2D eigenvalue weighted by atomic mass is 10.0. The number of halogens is 1. The van der Waals surface area contributed by atoms with Crippen LogP contribution in [0.25, 0.3) is 0 Å². The monoisotopic (exact) mass is 306 g/mol. The van der Waals surface area contributed by atoms with Crippen LogP contribution in [0.5, 0.6) is 0 Å². The Kier molecular flexibility index (Phi) is 4.84. The van der Waals surface area contributed by atoms with Crippen LogP contribution in [0.4, 0.5) is 5.82 Å². The molecule has 96 valence electrons. The summed E-state index contributed by atoms with van der Waals surface area (Å²) in [5, 5.41) is 28.2.